The molecule has 0 spiro atoms. The number of rotatable bonds is 7. The van der Waals surface area contributed by atoms with E-state index in [2.05, 4.69) is 51.1 Å². The summed E-state index contributed by atoms with van der Waals surface area (Å²) in [7, 11) is 4.13. The molecule has 0 saturated heterocycles. The SMILES string of the molecule is Cc1cc(OCCN(C)C)c(C)c2c1CCC(C(C)C(=O)NC1CCCC1)C2. The lowest BCUT2D eigenvalue weighted by Gasteiger charge is -2.32. The molecule has 3 rings (SSSR count). The van der Waals surface area contributed by atoms with Crippen molar-refractivity contribution in [1.82, 2.24) is 10.2 Å². The molecule has 4 heteroatoms. The number of carbonyl (C=O) groups excluding carboxylic acids is 1. The molecule has 1 aromatic carbocycles. The molecule has 1 fully saturated rings. The van der Waals surface area contributed by atoms with Gasteiger partial charge in [-0.05, 0) is 94.3 Å². The summed E-state index contributed by atoms with van der Waals surface area (Å²) in [6.07, 6.45) is 7.98. The summed E-state index contributed by atoms with van der Waals surface area (Å²) >= 11 is 0. The molecule has 4 nitrogen and oxygen atoms in total. The van der Waals surface area contributed by atoms with Crippen LogP contribution >= 0.6 is 0 Å². The minimum atomic E-state index is 0.0757. The highest BCUT2D eigenvalue weighted by Gasteiger charge is 2.31. The molecule has 1 amide bonds. The molecular weight excluding hydrogens is 348 g/mol. The quantitative estimate of drug-likeness (QED) is 0.769. The van der Waals surface area contributed by atoms with Crippen LogP contribution in [0.25, 0.3) is 0 Å². The number of nitrogens with zero attached hydrogens (tertiary/aromatic N) is 1. The summed E-state index contributed by atoms with van der Waals surface area (Å²) in [4.78, 5) is 14.9. The van der Waals surface area contributed by atoms with E-state index in [4.69, 9.17) is 4.74 Å². The molecule has 2 atom stereocenters. The first-order valence-electron chi connectivity index (χ1n) is 11.1. The van der Waals surface area contributed by atoms with Crippen LogP contribution in [0, 0.1) is 25.7 Å². The summed E-state index contributed by atoms with van der Waals surface area (Å²) in [6.45, 7) is 8.13. The topological polar surface area (TPSA) is 41.6 Å². The fourth-order valence-electron chi connectivity index (χ4n) is 4.86. The Balaban J connectivity index is 1.69. The first-order valence-corrected chi connectivity index (χ1v) is 11.1. The van der Waals surface area contributed by atoms with E-state index in [9.17, 15) is 4.79 Å². The third-order valence-corrected chi connectivity index (χ3v) is 6.86. The first kappa shape index (κ1) is 21.2. The molecule has 1 N–H and O–H groups in total. The molecule has 28 heavy (non-hydrogen) atoms. The third-order valence-electron chi connectivity index (χ3n) is 6.86. The molecule has 0 heterocycles. The van der Waals surface area contributed by atoms with E-state index in [0.717, 1.165) is 44.4 Å². The van der Waals surface area contributed by atoms with Gasteiger partial charge >= 0.3 is 0 Å². The smallest absolute Gasteiger partial charge is 0.223 e. The lowest BCUT2D eigenvalue weighted by molar-refractivity contribution is -0.126. The second-order valence-corrected chi connectivity index (χ2v) is 9.21. The summed E-state index contributed by atoms with van der Waals surface area (Å²) in [6, 6.07) is 2.62. The lowest BCUT2D eigenvalue weighted by Crippen LogP contribution is -2.40. The number of carbonyl (C=O) groups is 1. The number of likely N-dealkylation sites (N-methyl/N-ethyl adjacent to an activating group) is 1. The number of ether oxygens (including phenoxy) is 1. The van der Waals surface area contributed by atoms with E-state index in [1.165, 1.54) is 35.1 Å². The zero-order valence-corrected chi connectivity index (χ0v) is 18.4. The number of amides is 1. The molecule has 1 aromatic rings. The van der Waals surface area contributed by atoms with Gasteiger partial charge in [-0.3, -0.25) is 4.79 Å². The Labute approximate surface area is 171 Å². The highest BCUT2D eigenvalue weighted by Crippen LogP contribution is 2.37. The van der Waals surface area contributed by atoms with Crippen molar-refractivity contribution in [2.75, 3.05) is 27.2 Å². The van der Waals surface area contributed by atoms with Gasteiger partial charge < -0.3 is 15.0 Å². The molecule has 0 aliphatic heterocycles. The monoisotopic (exact) mass is 386 g/mol. The Kier molecular flexibility index (Phi) is 7.03. The van der Waals surface area contributed by atoms with Crippen LogP contribution in [0.3, 0.4) is 0 Å². The second-order valence-electron chi connectivity index (χ2n) is 9.21. The van der Waals surface area contributed by atoms with Gasteiger partial charge in [0.1, 0.15) is 12.4 Å². The molecule has 2 aliphatic carbocycles. The molecule has 2 unspecified atom stereocenters. The Bertz CT molecular complexity index is 692. The van der Waals surface area contributed by atoms with Crippen molar-refractivity contribution in [1.29, 1.82) is 0 Å². The average molecular weight is 387 g/mol. The first-order chi connectivity index (χ1) is 13.4. The van der Waals surface area contributed by atoms with Crippen molar-refractivity contribution >= 4 is 5.91 Å². The minimum absolute atomic E-state index is 0.0757. The Morgan fingerprint density at radius 2 is 1.93 bits per heavy atom. The van der Waals surface area contributed by atoms with Crippen LogP contribution in [-0.4, -0.2) is 44.1 Å². The van der Waals surface area contributed by atoms with Crippen molar-refractivity contribution < 1.29 is 9.53 Å². The molecule has 0 aromatic heterocycles. The van der Waals surface area contributed by atoms with Gasteiger partial charge in [0.05, 0.1) is 0 Å². The van der Waals surface area contributed by atoms with Crippen molar-refractivity contribution in [2.24, 2.45) is 11.8 Å². The van der Waals surface area contributed by atoms with Gasteiger partial charge in [0, 0.05) is 18.5 Å². The highest BCUT2D eigenvalue weighted by molar-refractivity contribution is 5.79. The zero-order valence-electron chi connectivity index (χ0n) is 18.4. The van der Waals surface area contributed by atoms with Crippen LogP contribution in [0.1, 0.15) is 61.3 Å². The van der Waals surface area contributed by atoms with Crippen molar-refractivity contribution in [3.8, 4) is 5.75 Å². The fourth-order valence-corrected chi connectivity index (χ4v) is 4.86. The molecule has 156 valence electrons. The maximum absolute atomic E-state index is 12.8. The predicted octanol–water partition coefficient (Wildman–Crippen LogP) is 4.04. The van der Waals surface area contributed by atoms with Crippen molar-refractivity contribution in [3.63, 3.8) is 0 Å². The van der Waals surface area contributed by atoms with Crippen LogP contribution in [0.5, 0.6) is 5.75 Å². The number of hydrogen-bond donors (Lipinski definition) is 1. The van der Waals surface area contributed by atoms with Crippen LogP contribution in [0.4, 0.5) is 0 Å². The summed E-state index contributed by atoms with van der Waals surface area (Å²) in [5, 5.41) is 3.31. The molecule has 0 radical (unpaired) electrons. The highest BCUT2D eigenvalue weighted by atomic mass is 16.5. The predicted molar refractivity (Wildman–Crippen MR) is 115 cm³/mol. The van der Waals surface area contributed by atoms with Gasteiger partial charge in [-0.2, -0.15) is 0 Å². The van der Waals surface area contributed by atoms with Crippen molar-refractivity contribution in [2.45, 2.75) is 71.8 Å². The molecular formula is C24H38N2O2. The number of benzene rings is 1. The largest absolute Gasteiger partial charge is 0.492 e. The number of fused-ring (bicyclic) bond motifs is 1. The summed E-state index contributed by atoms with van der Waals surface area (Å²) < 4.78 is 6.11. The molecule has 2 aliphatic rings. The van der Waals surface area contributed by atoms with Gasteiger partial charge in [-0.1, -0.05) is 19.8 Å². The number of aryl methyl sites for hydroxylation is 1. The van der Waals surface area contributed by atoms with Crippen LogP contribution in [-0.2, 0) is 17.6 Å². The summed E-state index contributed by atoms with van der Waals surface area (Å²) in [5.41, 5.74) is 5.52. The minimum Gasteiger partial charge on any atom is -0.492 e. The summed E-state index contributed by atoms with van der Waals surface area (Å²) in [5.74, 6) is 1.77. The van der Waals surface area contributed by atoms with Gasteiger partial charge in [-0.15, -0.1) is 0 Å². The van der Waals surface area contributed by atoms with Gasteiger partial charge in [0.25, 0.3) is 0 Å². The number of hydrogen-bond acceptors (Lipinski definition) is 3. The average Bonchev–Trinajstić information content (AvgIpc) is 3.17. The van der Waals surface area contributed by atoms with Crippen LogP contribution in [0.2, 0.25) is 0 Å². The van der Waals surface area contributed by atoms with E-state index in [1.807, 2.05) is 0 Å². The van der Waals surface area contributed by atoms with E-state index < -0.39 is 0 Å². The molecule has 0 bridgehead atoms. The maximum atomic E-state index is 12.8. The van der Waals surface area contributed by atoms with Gasteiger partial charge in [0.2, 0.25) is 5.91 Å². The van der Waals surface area contributed by atoms with E-state index >= 15 is 0 Å². The maximum Gasteiger partial charge on any atom is 0.223 e. The molecule has 1 saturated carbocycles. The van der Waals surface area contributed by atoms with E-state index in [0.29, 0.717) is 18.6 Å². The van der Waals surface area contributed by atoms with Gasteiger partial charge in [0.15, 0.2) is 0 Å². The fraction of sp³-hybridized carbons (Fsp3) is 0.708. The number of nitrogens with one attached hydrogen (secondary N) is 1. The van der Waals surface area contributed by atoms with E-state index in [1.54, 1.807) is 0 Å². The Morgan fingerprint density at radius 1 is 1.21 bits per heavy atom. The standard InChI is InChI=1S/C24H38N2O2/c1-16-14-23(28-13-12-26(4)5)18(3)22-15-19(10-11-21(16)22)17(2)24(27)25-20-8-6-7-9-20/h14,17,19-20H,6-13,15H2,1-5H3,(H,25,27). The second kappa shape index (κ2) is 9.30. The zero-order chi connectivity index (χ0) is 20.3. The Hall–Kier alpha value is -1.55. The van der Waals surface area contributed by atoms with Crippen LogP contribution < -0.4 is 10.1 Å². The normalized spacial score (nSPS) is 20.9. The van der Waals surface area contributed by atoms with E-state index in [-0.39, 0.29) is 11.8 Å². The third kappa shape index (κ3) is 4.89. The van der Waals surface area contributed by atoms with Crippen LogP contribution in [0.15, 0.2) is 6.07 Å². The lowest BCUT2D eigenvalue weighted by atomic mass is 9.74. The van der Waals surface area contributed by atoms with Crippen molar-refractivity contribution in [3.05, 3.63) is 28.3 Å². The van der Waals surface area contributed by atoms with Gasteiger partial charge in [-0.25, -0.2) is 0 Å². The Morgan fingerprint density at radius 3 is 2.61 bits per heavy atom.